The Hall–Kier alpha value is -1.65. The Morgan fingerprint density at radius 3 is 2.67 bits per heavy atom. The molecule has 0 saturated heterocycles. The highest BCUT2D eigenvalue weighted by atomic mass is 16.5. The number of carbonyl (C=O) groups excluding carboxylic acids is 1. The smallest absolute Gasteiger partial charge is 0.306 e. The summed E-state index contributed by atoms with van der Waals surface area (Å²) in [5.41, 5.74) is 1.26. The summed E-state index contributed by atoms with van der Waals surface area (Å²) in [4.78, 5) is 11.5. The molecule has 0 aromatic heterocycles. The number of rotatable bonds is 13. The van der Waals surface area contributed by atoms with Gasteiger partial charge in [0.1, 0.15) is 0 Å². The van der Waals surface area contributed by atoms with E-state index in [1.165, 1.54) is 5.56 Å². The van der Waals surface area contributed by atoms with Crippen LogP contribution in [0.15, 0.2) is 42.5 Å². The summed E-state index contributed by atoms with van der Waals surface area (Å²) in [5, 5.41) is 20.8. The third-order valence-corrected chi connectivity index (χ3v) is 6.10. The van der Waals surface area contributed by atoms with Crippen molar-refractivity contribution in [2.45, 2.75) is 96.4 Å². The van der Waals surface area contributed by atoms with Crippen LogP contribution < -0.4 is 0 Å². The maximum absolute atomic E-state index is 11.5. The number of allylic oxidation sites excluding steroid dienone is 2. The summed E-state index contributed by atoms with van der Waals surface area (Å²) < 4.78 is 5.14. The standard InChI is InChI=1S/C26H40O4/c1-20(2)30-26(29)13-9-4-3-8-12-22-15-19-25(28)24(22)18-17-23(27)16-14-21-10-6-5-7-11-21/h3,5-8,10-11,20,22-25,27-28H,4,9,12-19H2,1-2H3/t22-,23-,24+,25+/m0/s1. The maximum Gasteiger partial charge on any atom is 0.306 e. The zero-order chi connectivity index (χ0) is 21.8. The Morgan fingerprint density at radius 2 is 1.93 bits per heavy atom. The molecule has 0 amide bonds. The molecule has 0 radical (unpaired) electrons. The number of hydrogen-bond acceptors (Lipinski definition) is 4. The topological polar surface area (TPSA) is 66.8 Å². The van der Waals surface area contributed by atoms with Crippen LogP contribution >= 0.6 is 0 Å². The van der Waals surface area contributed by atoms with Crippen molar-refractivity contribution < 1.29 is 19.7 Å². The quantitative estimate of drug-likeness (QED) is 0.263. The van der Waals surface area contributed by atoms with Gasteiger partial charge in [0.05, 0.1) is 18.3 Å². The number of aryl methyl sites for hydroxylation is 1. The van der Waals surface area contributed by atoms with Crippen molar-refractivity contribution in [3.8, 4) is 0 Å². The number of aliphatic hydroxyl groups excluding tert-OH is 2. The molecule has 0 spiro atoms. The molecule has 1 saturated carbocycles. The molecule has 4 heteroatoms. The maximum atomic E-state index is 11.5. The van der Waals surface area contributed by atoms with Gasteiger partial charge in [0.2, 0.25) is 0 Å². The molecule has 0 heterocycles. The lowest BCUT2D eigenvalue weighted by molar-refractivity contribution is -0.147. The second-order valence-electron chi connectivity index (χ2n) is 8.96. The summed E-state index contributed by atoms with van der Waals surface area (Å²) in [6.07, 6.45) is 12.1. The van der Waals surface area contributed by atoms with Crippen LogP contribution in [0.4, 0.5) is 0 Å². The third kappa shape index (κ3) is 9.44. The molecule has 4 atom stereocenters. The summed E-state index contributed by atoms with van der Waals surface area (Å²) in [6, 6.07) is 10.3. The monoisotopic (exact) mass is 416 g/mol. The summed E-state index contributed by atoms with van der Waals surface area (Å²) >= 11 is 0. The van der Waals surface area contributed by atoms with E-state index < -0.39 is 0 Å². The minimum Gasteiger partial charge on any atom is -0.463 e. The van der Waals surface area contributed by atoms with Crippen LogP contribution in [0.3, 0.4) is 0 Å². The molecule has 1 aliphatic rings. The number of carbonyl (C=O) groups is 1. The summed E-state index contributed by atoms with van der Waals surface area (Å²) in [5.74, 6) is 0.647. The number of aliphatic hydroxyl groups is 2. The molecule has 0 bridgehead atoms. The van der Waals surface area contributed by atoms with Gasteiger partial charge in [-0.25, -0.2) is 0 Å². The van der Waals surface area contributed by atoms with Gasteiger partial charge in [-0.3, -0.25) is 4.79 Å². The molecule has 1 aromatic rings. The van der Waals surface area contributed by atoms with Crippen molar-refractivity contribution >= 4 is 5.97 Å². The number of esters is 1. The van der Waals surface area contributed by atoms with Crippen molar-refractivity contribution in [2.75, 3.05) is 0 Å². The van der Waals surface area contributed by atoms with Crippen molar-refractivity contribution in [2.24, 2.45) is 11.8 Å². The van der Waals surface area contributed by atoms with E-state index in [0.29, 0.717) is 12.3 Å². The highest BCUT2D eigenvalue weighted by molar-refractivity contribution is 5.69. The number of ether oxygens (including phenoxy) is 1. The van der Waals surface area contributed by atoms with E-state index in [-0.39, 0.29) is 30.2 Å². The van der Waals surface area contributed by atoms with Gasteiger partial charge in [-0.1, -0.05) is 42.5 Å². The van der Waals surface area contributed by atoms with E-state index in [1.807, 2.05) is 32.0 Å². The first kappa shape index (κ1) is 24.6. The van der Waals surface area contributed by atoms with Gasteiger partial charge in [0.25, 0.3) is 0 Å². The fraction of sp³-hybridized carbons (Fsp3) is 0.654. The lowest BCUT2D eigenvalue weighted by Gasteiger charge is -2.22. The van der Waals surface area contributed by atoms with E-state index in [2.05, 4.69) is 24.3 Å². The lowest BCUT2D eigenvalue weighted by atomic mass is 9.86. The largest absolute Gasteiger partial charge is 0.463 e. The van der Waals surface area contributed by atoms with Gasteiger partial charge in [-0.15, -0.1) is 0 Å². The Balaban J connectivity index is 1.64. The Kier molecular flexibility index (Phi) is 11.2. The van der Waals surface area contributed by atoms with Crippen LogP contribution in [0.1, 0.15) is 77.2 Å². The van der Waals surface area contributed by atoms with Gasteiger partial charge in [0, 0.05) is 6.42 Å². The van der Waals surface area contributed by atoms with Crippen LogP contribution in [0, 0.1) is 11.8 Å². The first-order valence-corrected chi connectivity index (χ1v) is 11.7. The Morgan fingerprint density at radius 1 is 1.17 bits per heavy atom. The van der Waals surface area contributed by atoms with E-state index in [0.717, 1.165) is 57.8 Å². The van der Waals surface area contributed by atoms with Crippen LogP contribution in [0.2, 0.25) is 0 Å². The highest BCUT2D eigenvalue weighted by Crippen LogP contribution is 2.38. The van der Waals surface area contributed by atoms with Gasteiger partial charge in [-0.05, 0) is 89.0 Å². The molecule has 168 valence electrons. The predicted octanol–water partition coefficient (Wildman–Crippen LogP) is 5.22. The van der Waals surface area contributed by atoms with Crippen LogP contribution in [-0.4, -0.2) is 34.5 Å². The van der Waals surface area contributed by atoms with Crippen molar-refractivity contribution in [3.05, 3.63) is 48.0 Å². The molecule has 0 unspecified atom stereocenters. The van der Waals surface area contributed by atoms with E-state index in [4.69, 9.17) is 4.74 Å². The molecule has 2 rings (SSSR count). The second kappa shape index (κ2) is 13.6. The lowest BCUT2D eigenvalue weighted by Crippen LogP contribution is -2.21. The number of hydrogen-bond donors (Lipinski definition) is 2. The average molecular weight is 417 g/mol. The average Bonchev–Trinajstić information content (AvgIpc) is 3.07. The molecule has 30 heavy (non-hydrogen) atoms. The predicted molar refractivity (Wildman–Crippen MR) is 121 cm³/mol. The molecule has 1 fully saturated rings. The van der Waals surface area contributed by atoms with Crippen LogP contribution in [-0.2, 0) is 16.0 Å². The Bertz CT molecular complexity index is 625. The molecular weight excluding hydrogens is 376 g/mol. The Labute approximate surface area is 182 Å². The minimum absolute atomic E-state index is 0.0457. The minimum atomic E-state index is -0.306. The van der Waals surface area contributed by atoms with Crippen molar-refractivity contribution in [3.63, 3.8) is 0 Å². The molecule has 4 nitrogen and oxygen atoms in total. The third-order valence-electron chi connectivity index (χ3n) is 6.10. The highest BCUT2D eigenvalue weighted by Gasteiger charge is 2.33. The molecule has 0 aliphatic heterocycles. The number of benzene rings is 1. The van der Waals surface area contributed by atoms with E-state index in [1.54, 1.807) is 0 Å². The zero-order valence-corrected chi connectivity index (χ0v) is 18.7. The first-order valence-electron chi connectivity index (χ1n) is 11.7. The van der Waals surface area contributed by atoms with Crippen LogP contribution in [0.5, 0.6) is 0 Å². The molecule has 1 aliphatic carbocycles. The number of unbranched alkanes of at least 4 members (excludes halogenated alkanes) is 1. The first-order chi connectivity index (χ1) is 14.5. The SMILES string of the molecule is CC(C)OC(=O)CCCC=CC[C@H]1CC[C@@H](O)[C@@H]1CC[C@@H](O)CCc1ccccc1. The van der Waals surface area contributed by atoms with E-state index in [9.17, 15) is 15.0 Å². The second-order valence-corrected chi connectivity index (χ2v) is 8.96. The summed E-state index contributed by atoms with van der Waals surface area (Å²) in [6.45, 7) is 3.74. The van der Waals surface area contributed by atoms with Crippen molar-refractivity contribution in [1.82, 2.24) is 0 Å². The van der Waals surface area contributed by atoms with E-state index >= 15 is 0 Å². The normalized spacial score (nSPS) is 22.6. The van der Waals surface area contributed by atoms with Crippen molar-refractivity contribution in [1.29, 1.82) is 0 Å². The fourth-order valence-corrected chi connectivity index (χ4v) is 4.43. The van der Waals surface area contributed by atoms with Gasteiger partial charge < -0.3 is 14.9 Å². The molecular formula is C26H40O4. The van der Waals surface area contributed by atoms with Gasteiger partial charge >= 0.3 is 5.97 Å². The zero-order valence-electron chi connectivity index (χ0n) is 18.7. The molecule has 1 aromatic carbocycles. The fourth-order valence-electron chi connectivity index (χ4n) is 4.43. The molecule has 2 N–H and O–H groups in total. The summed E-state index contributed by atoms with van der Waals surface area (Å²) in [7, 11) is 0. The van der Waals surface area contributed by atoms with Crippen LogP contribution in [0.25, 0.3) is 0 Å². The van der Waals surface area contributed by atoms with Gasteiger partial charge in [-0.2, -0.15) is 0 Å². The van der Waals surface area contributed by atoms with Gasteiger partial charge in [0.15, 0.2) is 0 Å².